The van der Waals surface area contributed by atoms with Crippen LogP contribution < -0.4 is 14.8 Å². The number of ether oxygens (including phenoxy) is 2. The van der Waals surface area contributed by atoms with Gasteiger partial charge in [0, 0.05) is 29.8 Å². The van der Waals surface area contributed by atoms with E-state index in [1.54, 1.807) is 32.5 Å². The largest absolute Gasteiger partial charge is 0.497 e. The summed E-state index contributed by atoms with van der Waals surface area (Å²) in [4.78, 5) is 0. The molecule has 0 saturated carbocycles. The summed E-state index contributed by atoms with van der Waals surface area (Å²) in [5.41, 5.74) is 3.79. The number of aromatic amines is 1. The van der Waals surface area contributed by atoms with Gasteiger partial charge in [0.2, 0.25) is 0 Å². The van der Waals surface area contributed by atoms with Gasteiger partial charge < -0.3 is 14.8 Å². The number of H-pyrrole nitrogens is 1. The van der Waals surface area contributed by atoms with Gasteiger partial charge in [0.1, 0.15) is 17.3 Å². The molecule has 0 bridgehead atoms. The highest BCUT2D eigenvalue weighted by molar-refractivity contribution is 5.62. The Hall–Kier alpha value is -2.86. The summed E-state index contributed by atoms with van der Waals surface area (Å²) in [6.07, 6.45) is 1.77. The van der Waals surface area contributed by atoms with Crippen molar-refractivity contribution in [2.45, 2.75) is 13.1 Å². The summed E-state index contributed by atoms with van der Waals surface area (Å²) < 4.78 is 23.7. The van der Waals surface area contributed by atoms with Crippen LogP contribution in [0.3, 0.4) is 0 Å². The molecule has 0 amide bonds. The Morgan fingerprint density at radius 1 is 1.00 bits per heavy atom. The number of aromatic nitrogens is 2. The number of halogens is 1. The molecule has 2 N–H and O–H groups in total. The van der Waals surface area contributed by atoms with Crippen LogP contribution in [0.2, 0.25) is 0 Å². The predicted molar refractivity (Wildman–Crippen MR) is 94.1 cm³/mol. The standard InChI is InChI=1S/C19H20FN3O2/c1-24-17-7-8-18(25-2)14(9-17)10-21-11-15-12-22-23-19(15)13-3-5-16(20)6-4-13/h3-9,12,21H,10-11H2,1-2H3,(H,22,23). The average molecular weight is 341 g/mol. The second kappa shape index (κ2) is 7.81. The van der Waals surface area contributed by atoms with Gasteiger partial charge in [0.25, 0.3) is 0 Å². The van der Waals surface area contributed by atoms with Crippen molar-refractivity contribution in [3.63, 3.8) is 0 Å². The quantitative estimate of drug-likeness (QED) is 0.690. The lowest BCUT2D eigenvalue weighted by Gasteiger charge is -2.11. The predicted octanol–water partition coefficient (Wildman–Crippen LogP) is 3.52. The molecule has 0 aliphatic heterocycles. The molecular formula is C19H20FN3O2. The summed E-state index contributed by atoms with van der Waals surface area (Å²) in [6.45, 7) is 1.23. The zero-order valence-electron chi connectivity index (χ0n) is 14.2. The first-order chi connectivity index (χ1) is 12.2. The zero-order chi connectivity index (χ0) is 17.6. The van der Waals surface area contributed by atoms with Crippen LogP contribution in [0, 0.1) is 5.82 Å². The van der Waals surface area contributed by atoms with E-state index in [0.717, 1.165) is 33.9 Å². The third kappa shape index (κ3) is 3.97. The van der Waals surface area contributed by atoms with Crippen LogP contribution in [-0.2, 0) is 13.1 Å². The molecule has 0 unspecified atom stereocenters. The number of benzene rings is 2. The van der Waals surface area contributed by atoms with Gasteiger partial charge in [0.05, 0.1) is 26.1 Å². The second-order valence-corrected chi connectivity index (χ2v) is 5.56. The fourth-order valence-corrected chi connectivity index (χ4v) is 2.66. The Labute approximate surface area is 145 Å². The summed E-state index contributed by atoms with van der Waals surface area (Å²) >= 11 is 0. The van der Waals surface area contributed by atoms with E-state index in [1.807, 2.05) is 18.2 Å². The zero-order valence-corrected chi connectivity index (χ0v) is 14.2. The molecule has 0 atom stereocenters. The molecule has 0 radical (unpaired) electrons. The molecule has 0 saturated heterocycles. The van der Waals surface area contributed by atoms with Gasteiger partial charge >= 0.3 is 0 Å². The fourth-order valence-electron chi connectivity index (χ4n) is 2.66. The molecular weight excluding hydrogens is 321 g/mol. The first-order valence-corrected chi connectivity index (χ1v) is 7.91. The Kier molecular flexibility index (Phi) is 5.30. The highest BCUT2D eigenvalue weighted by Crippen LogP contribution is 2.25. The highest BCUT2D eigenvalue weighted by atomic mass is 19.1. The Morgan fingerprint density at radius 3 is 2.48 bits per heavy atom. The van der Waals surface area contributed by atoms with E-state index in [2.05, 4.69) is 15.5 Å². The molecule has 0 fully saturated rings. The van der Waals surface area contributed by atoms with Crippen molar-refractivity contribution >= 4 is 0 Å². The lowest BCUT2D eigenvalue weighted by atomic mass is 10.1. The minimum atomic E-state index is -0.256. The molecule has 25 heavy (non-hydrogen) atoms. The van der Waals surface area contributed by atoms with Crippen LogP contribution in [0.5, 0.6) is 11.5 Å². The van der Waals surface area contributed by atoms with Gasteiger partial charge in [-0.25, -0.2) is 4.39 Å². The number of hydrogen-bond donors (Lipinski definition) is 2. The molecule has 2 aromatic carbocycles. The molecule has 3 aromatic rings. The van der Waals surface area contributed by atoms with Crippen molar-refractivity contribution in [3.05, 3.63) is 65.6 Å². The maximum absolute atomic E-state index is 13.1. The van der Waals surface area contributed by atoms with Gasteiger partial charge in [-0.1, -0.05) is 0 Å². The number of nitrogens with one attached hydrogen (secondary N) is 2. The normalized spacial score (nSPS) is 10.7. The Morgan fingerprint density at radius 2 is 1.76 bits per heavy atom. The average Bonchev–Trinajstić information content (AvgIpc) is 3.10. The highest BCUT2D eigenvalue weighted by Gasteiger charge is 2.09. The van der Waals surface area contributed by atoms with E-state index in [-0.39, 0.29) is 5.82 Å². The van der Waals surface area contributed by atoms with Gasteiger partial charge in [-0.3, -0.25) is 5.10 Å². The summed E-state index contributed by atoms with van der Waals surface area (Å²) in [7, 11) is 3.29. The number of methoxy groups -OCH3 is 2. The van der Waals surface area contributed by atoms with Crippen LogP contribution in [0.25, 0.3) is 11.3 Å². The molecule has 6 heteroatoms. The Bertz CT molecular complexity index is 831. The lowest BCUT2D eigenvalue weighted by molar-refractivity contribution is 0.397. The molecule has 130 valence electrons. The van der Waals surface area contributed by atoms with Gasteiger partial charge in [0.15, 0.2) is 0 Å². The molecule has 1 heterocycles. The van der Waals surface area contributed by atoms with Crippen molar-refractivity contribution in [2.24, 2.45) is 0 Å². The van der Waals surface area contributed by atoms with E-state index < -0.39 is 0 Å². The van der Waals surface area contributed by atoms with Crippen molar-refractivity contribution in [3.8, 4) is 22.8 Å². The summed E-state index contributed by atoms with van der Waals surface area (Å²) in [6, 6.07) is 12.0. The fraction of sp³-hybridized carbons (Fsp3) is 0.211. The Balaban J connectivity index is 1.69. The molecule has 0 aliphatic carbocycles. The molecule has 0 aliphatic rings. The molecule has 0 spiro atoms. The number of rotatable bonds is 7. The lowest BCUT2D eigenvalue weighted by Crippen LogP contribution is -2.13. The third-order valence-corrected chi connectivity index (χ3v) is 3.97. The maximum atomic E-state index is 13.1. The van der Waals surface area contributed by atoms with E-state index in [4.69, 9.17) is 9.47 Å². The number of nitrogens with zero attached hydrogens (tertiary/aromatic N) is 1. The first kappa shape index (κ1) is 17.0. The van der Waals surface area contributed by atoms with Gasteiger partial charge in [-0.05, 0) is 42.5 Å². The van der Waals surface area contributed by atoms with Gasteiger partial charge in [-0.2, -0.15) is 5.10 Å². The maximum Gasteiger partial charge on any atom is 0.123 e. The van der Waals surface area contributed by atoms with Crippen LogP contribution >= 0.6 is 0 Å². The van der Waals surface area contributed by atoms with Crippen molar-refractivity contribution in [2.75, 3.05) is 14.2 Å². The van der Waals surface area contributed by atoms with Crippen LogP contribution in [0.1, 0.15) is 11.1 Å². The minimum absolute atomic E-state index is 0.256. The van der Waals surface area contributed by atoms with E-state index >= 15 is 0 Å². The topological polar surface area (TPSA) is 59.2 Å². The first-order valence-electron chi connectivity index (χ1n) is 7.91. The van der Waals surface area contributed by atoms with E-state index in [0.29, 0.717) is 13.1 Å². The SMILES string of the molecule is COc1ccc(OC)c(CNCc2cn[nH]c2-c2ccc(F)cc2)c1. The number of hydrogen-bond acceptors (Lipinski definition) is 4. The van der Waals surface area contributed by atoms with Crippen molar-refractivity contribution < 1.29 is 13.9 Å². The summed E-state index contributed by atoms with van der Waals surface area (Å²) in [5, 5.41) is 10.5. The summed E-state index contributed by atoms with van der Waals surface area (Å²) in [5.74, 6) is 1.33. The van der Waals surface area contributed by atoms with Crippen LogP contribution in [0.4, 0.5) is 4.39 Å². The smallest absolute Gasteiger partial charge is 0.123 e. The van der Waals surface area contributed by atoms with E-state index in [9.17, 15) is 4.39 Å². The third-order valence-electron chi connectivity index (χ3n) is 3.97. The van der Waals surface area contributed by atoms with Crippen LogP contribution in [0.15, 0.2) is 48.7 Å². The molecule has 3 rings (SSSR count). The van der Waals surface area contributed by atoms with E-state index in [1.165, 1.54) is 12.1 Å². The van der Waals surface area contributed by atoms with Crippen LogP contribution in [-0.4, -0.2) is 24.4 Å². The molecule has 5 nitrogen and oxygen atoms in total. The van der Waals surface area contributed by atoms with Gasteiger partial charge in [-0.15, -0.1) is 0 Å². The minimum Gasteiger partial charge on any atom is -0.497 e. The second-order valence-electron chi connectivity index (χ2n) is 5.56. The molecule has 1 aromatic heterocycles. The van der Waals surface area contributed by atoms with Crippen molar-refractivity contribution in [1.29, 1.82) is 0 Å². The van der Waals surface area contributed by atoms with Crippen molar-refractivity contribution in [1.82, 2.24) is 15.5 Å². The monoisotopic (exact) mass is 341 g/mol.